The summed E-state index contributed by atoms with van der Waals surface area (Å²) in [4.78, 5) is 19.2. The van der Waals surface area contributed by atoms with Crippen LogP contribution >= 0.6 is 0 Å². The minimum Gasteiger partial charge on any atom is -0.364 e. The highest BCUT2D eigenvalue weighted by Crippen LogP contribution is 2.31. The summed E-state index contributed by atoms with van der Waals surface area (Å²) >= 11 is 0. The molecule has 1 amide bonds. The van der Waals surface area contributed by atoms with E-state index >= 15 is 0 Å². The number of hydrogen-bond donors (Lipinski definition) is 1. The molecule has 0 unspecified atom stereocenters. The second-order valence-electron chi connectivity index (χ2n) is 6.17. The van der Waals surface area contributed by atoms with E-state index in [2.05, 4.69) is 18.3 Å². The maximum Gasteiger partial charge on any atom is 0.243 e. The summed E-state index contributed by atoms with van der Waals surface area (Å²) in [5.74, 6) is -0.0331. The fourth-order valence-electron chi connectivity index (χ4n) is 3.23. The average molecular weight is 333 g/mol. The maximum absolute atomic E-state index is 12.4. The van der Waals surface area contributed by atoms with E-state index in [0.717, 1.165) is 34.4 Å². The van der Waals surface area contributed by atoms with Crippen LogP contribution in [0.5, 0.6) is 0 Å². The van der Waals surface area contributed by atoms with Crippen molar-refractivity contribution in [2.75, 3.05) is 23.8 Å². The van der Waals surface area contributed by atoms with Crippen molar-refractivity contribution in [2.45, 2.75) is 20.3 Å². The second kappa shape index (κ2) is 7.34. The number of carbonyl (C=O) groups is 1. The molecule has 25 heavy (non-hydrogen) atoms. The predicted octanol–water partition coefficient (Wildman–Crippen LogP) is 4.18. The van der Waals surface area contributed by atoms with Gasteiger partial charge in [-0.1, -0.05) is 43.3 Å². The van der Waals surface area contributed by atoms with Crippen molar-refractivity contribution in [1.82, 2.24) is 4.98 Å². The molecule has 1 aromatic heterocycles. The van der Waals surface area contributed by atoms with Gasteiger partial charge in [-0.25, -0.2) is 0 Å². The van der Waals surface area contributed by atoms with Gasteiger partial charge in [-0.2, -0.15) is 0 Å². The first-order valence-electron chi connectivity index (χ1n) is 8.54. The van der Waals surface area contributed by atoms with E-state index in [1.807, 2.05) is 67.4 Å². The van der Waals surface area contributed by atoms with Gasteiger partial charge in [0.1, 0.15) is 0 Å². The summed E-state index contributed by atoms with van der Waals surface area (Å²) in [5.41, 5.74) is 5.07. The molecular weight excluding hydrogens is 310 g/mol. The van der Waals surface area contributed by atoms with Gasteiger partial charge in [0.15, 0.2) is 0 Å². The summed E-state index contributed by atoms with van der Waals surface area (Å²) in [5, 5.41) is 4.03. The molecule has 4 nitrogen and oxygen atoms in total. The van der Waals surface area contributed by atoms with Crippen molar-refractivity contribution in [1.29, 1.82) is 0 Å². The highest BCUT2D eigenvalue weighted by Gasteiger charge is 2.17. The number of hydrogen-bond acceptors (Lipinski definition) is 3. The topological polar surface area (TPSA) is 45.2 Å². The zero-order chi connectivity index (χ0) is 17.8. The molecule has 4 heteroatoms. The molecule has 0 aliphatic heterocycles. The van der Waals surface area contributed by atoms with Gasteiger partial charge in [-0.3, -0.25) is 9.78 Å². The zero-order valence-corrected chi connectivity index (χ0v) is 14.9. The molecule has 0 saturated heterocycles. The van der Waals surface area contributed by atoms with E-state index in [4.69, 9.17) is 4.98 Å². The third-order valence-electron chi connectivity index (χ3n) is 4.34. The summed E-state index contributed by atoms with van der Waals surface area (Å²) < 4.78 is 0. The number of benzene rings is 2. The van der Waals surface area contributed by atoms with Gasteiger partial charge < -0.3 is 10.2 Å². The lowest BCUT2D eigenvalue weighted by molar-refractivity contribution is -0.114. The molecule has 0 radical (unpaired) electrons. The second-order valence-corrected chi connectivity index (χ2v) is 6.17. The van der Waals surface area contributed by atoms with E-state index in [9.17, 15) is 4.79 Å². The Morgan fingerprint density at radius 2 is 1.76 bits per heavy atom. The number of pyridine rings is 1. The molecule has 2 aromatic carbocycles. The molecule has 0 saturated carbocycles. The molecule has 0 spiro atoms. The first-order valence-corrected chi connectivity index (χ1v) is 8.54. The normalized spacial score (nSPS) is 10.7. The van der Waals surface area contributed by atoms with Crippen LogP contribution in [0.2, 0.25) is 0 Å². The molecular formula is C21H23N3O. The van der Waals surface area contributed by atoms with Gasteiger partial charge in [-0.15, -0.1) is 0 Å². The number of carbonyl (C=O) groups excluding carboxylic acids is 1. The zero-order valence-electron chi connectivity index (χ0n) is 14.9. The molecule has 0 atom stereocenters. The third-order valence-corrected chi connectivity index (χ3v) is 4.34. The molecule has 0 fully saturated rings. The predicted molar refractivity (Wildman–Crippen MR) is 104 cm³/mol. The SMILES string of the molecule is CCc1c(C)nc2ccccc2c1N(C)CC(=O)Nc1ccccc1. The van der Waals surface area contributed by atoms with Gasteiger partial charge in [0, 0.05) is 23.8 Å². The standard InChI is InChI=1S/C21H23N3O/c1-4-17-15(2)22-19-13-9-8-12-18(19)21(17)24(3)14-20(25)23-16-10-6-5-7-11-16/h5-13H,4,14H2,1-3H3,(H,23,25). The van der Waals surface area contributed by atoms with Crippen LogP contribution in [0, 0.1) is 6.92 Å². The Bertz CT molecular complexity index is 890. The lowest BCUT2D eigenvalue weighted by Crippen LogP contribution is -2.31. The van der Waals surface area contributed by atoms with Crippen molar-refractivity contribution < 1.29 is 4.79 Å². The number of rotatable bonds is 5. The molecule has 1 heterocycles. The summed E-state index contributed by atoms with van der Waals surface area (Å²) in [7, 11) is 1.96. The maximum atomic E-state index is 12.4. The Kier molecular flexibility index (Phi) is 4.98. The first kappa shape index (κ1) is 17.0. The first-order chi connectivity index (χ1) is 12.1. The summed E-state index contributed by atoms with van der Waals surface area (Å²) in [6.07, 6.45) is 0.879. The van der Waals surface area contributed by atoms with Gasteiger partial charge in [0.2, 0.25) is 5.91 Å². The molecule has 0 aliphatic carbocycles. The van der Waals surface area contributed by atoms with E-state index in [1.165, 1.54) is 5.56 Å². The molecule has 1 N–H and O–H groups in total. The Balaban J connectivity index is 1.91. The van der Waals surface area contributed by atoms with Crippen LogP contribution in [0.1, 0.15) is 18.2 Å². The van der Waals surface area contributed by atoms with Crippen LogP contribution in [-0.4, -0.2) is 24.5 Å². The van der Waals surface area contributed by atoms with Crippen LogP contribution in [0.3, 0.4) is 0 Å². The van der Waals surface area contributed by atoms with E-state index in [1.54, 1.807) is 0 Å². The van der Waals surface area contributed by atoms with Crippen LogP contribution in [0.4, 0.5) is 11.4 Å². The number of anilines is 2. The van der Waals surface area contributed by atoms with Crippen molar-refractivity contribution in [2.24, 2.45) is 0 Å². The summed E-state index contributed by atoms with van der Waals surface area (Å²) in [6, 6.07) is 17.6. The monoisotopic (exact) mass is 333 g/mol. The van der Waals surface area contributed by atoms with E-state index in [0.29, 0.717) is 0 Å². The van der Waals surface area contributed by atoms with E-state index < -0.39 is 0 Å². The smallest absolute Gasteiger partial charge is 0.243 e. The fraction of sp³-hybridized carbons (Fsp3) is 0.238. The number of aryl methyl sites for hydroxylation is 1. The number of aromatic nitrogens is 1. The number of nitrogens with zero attached hydrogens (tertiary/aromatic N) is 2. The van der Waals surface area contributed by atoms with E-state index in [-0.39, 0.29) is 12.5 Å². The van der Waals surface area contributed by atoms with Gasteiger partial charge >= 0.3 is 0 Å². The lowest BCUT2D eigenvalue weighted by atomic mass is 10.0. The Morgan fingerprint density at radius 1 is 1.08 bits per heavy atom. The van der Waals surface area contributed by atoms with Gasteiger partial charge in [0.05, 0.1) is 17.7 Å². The fourth-order valence-corrected chi connectivity index (χ4v) is 3.23. The highest BCUT2D eigenvalue weighted by molar-refractivity contribution is 5.98. The van der Waals surface area contributed by atoms with Crippen LogP contribution in [0.15, 0.2) is 54.6 Å². The van der Waals surface area contributed by atoms with Gasteiger partial charge in [0.25, 0.3) is 0 Å². The molecule has 3 rings (SSSR count). The molecule has 128 valence electrons. The van der Waals surface area contributed by atoms with Crippen LogP contribution in [0.25, 0.3) is 10.9 Å². The Morgan fingerprint density at radius 3 is 2.48 bits per heavy atom. The van der Waals surface area contributed by atoms with Crippen molar-refractivity contribution in [3.05, 3.63) is 65.9 Å². The largest absolute Gasteiger partial charge is 0.364 e. The number of likely N-dealkylation sites (N-methyl/N-ethyl adjacent to an activating group) is 1. The molecule has 3 aromatic rings. The van der Waals surface area contributed by atoms with Crippen molar-refractivity contribution >= 4 is 28.2 Å². The average Bonchev–Trinajstić information content (AvgIpc) is 2.61. The van der Waals surface area contributed by atoms with Crippen LogP contribution < -0.4 is 10.2 Å². The minimum absolute atomic E-state index is 0.0331. The van der Waals surface area contributed by atoms with Crippen molar-refractivity contribution in [3.63, 3.8) is 0 Å². The summed E-state index contributed by atoms with van der Waals surface area (Å²) in [6.45, 7) is 4.45. The number of amides is 1. The molecule has 0 bridgehead atoms. The third kappa shape index (κ3) is 3.63. The lowest BCUT2D eigenvalue weighted by Gasteiger charge is -2.24. The van der Waals surface area contributed by atoms with Crippen LogP contribution in [-0.2, 0) is 11.2 Å². The molecule has 0 aliphatic rings. The quantitative estimate of drug-likeness (QED) is 0.762. The number of para-hydroxylation sites is 2. The number of nitrogens with one attached hydrogen (secondary N) is 1. The number of fused-ring (bicyclic) bond motifs is 1. The minimum atomic E-state index is -0.0331. The Labute approximate surface area is 148 Å². The van der Waals surface area contributed by atoms with Crippen molar-refractivity contribution in [3.8, 4) is 0 Å². The van der Waals surface area contributed by atoms with Gasteiger partial charge in [-0.05, 0) is 37.1 Å². The highest BCUT2D eigenvalue weighted by atomic mass is 16.2. The Hall–Kier alpha value is -2.88.